The standard InChI is InChI=1S/C16H26N4O5.C2H6/c1-5-19(10-9-18-15(21)25-16(2,3)4)11-12-24-13-7-6-8-17-14(13)20(22)23;1-2/h6-8H,5,9-12H2,1-4H3,(H,18,21);1-2H3. The molecule has 9 heteroatoms. The molecule has 1 N–H and O–H groups in total. The number of nitrogens with zero attached hydrogens (tertiary/aromatic N) is 3. The maximum Gasteiger partial charge on any atom is 0.407 e. The zero-order valence-electron chi connectivity index (χ0n) is 17.2. The highest BCUT2D eigenvalue weighted by atomic mass is 16.6. The molecule has 1 amide bonds. The number of ether oxygens (including phenoxy) is 2. The van der Waals surface area contributed by atoms with E-state index in [1.165, 1.54) is 12.3 Å². The van der Waals surface area contributed by atoms with Gasteiger partial charge in [-0.1, -0.05) is 20.8 Å². The van der Waals surface area contributed by atoms with Gasteiger partial charge in [0.25, 0.3) is 0 Å². The van der Waals surface area contributed by atoms with Crippen LogP contribution in [0.5, 0.6) is 5.75 Å². The molecular weight excluding hydrogens is 352 g/mol. The number of alkyl carbamates (subject to hydrolysis) is 1. The second kappa shape index (κ2) is 12.9. The summed E-state index contributed by atoms with van der Waals surface area (Å²) in [5, 5.41) is 13.6. The van der Waals surface area contributed by atoms with Crippen LogP contribution in [-0.2, 0) is 4.74 Å². The van der Waals surface area contributed by atoms with Crippen LogP contribution in [0.1, 0.15) is 41.5 Å². The molecule has 0 aromatic carbocycles. The van der Waals surface area contributed by atoms with Gasteiger partial charge in [-0.3, -0.25) is 4.90 Å². The smallest absolute Gasteiger partial charge is 0.407 e. The van der Waals surface area contributed by atoms with Gasteiger partial charge >= 0.3 is 11.9 Å². The van der Waals surface area contributed by atoms with Gasteiger partial charge in [-0.25, -0.2) is 4.79 Å². The predicted molar refractivity (Wildman–Crippen MR) is 104 cm³/mol. The van der Waals surface area contributed by atoms with Crippen LogP contribution in [0.25, 0.3) is 0 Å². The number of hydrogen-bond acceptors (Lipinski definition) is 7. The van der Waals surface area contributed by atoms with Crippen LogP contribution >= 0.6 is 0 Å². The van der Waals surface area contributed by atoms with Gasteiger partial charge in [0.2, 0.25) is 5.75 Å². The molecule has 0 spiro atoms. The lowest BCUT2D eigenvalue weighted by atomic mass is 10.2. The van der Waals surface area contributed by atoms with Gasteiger partial charge in [-0.05, 0) is 49.4 Å². The van der Waals surface area contributed by atoms with Gasteiger partial charge in [0.05, 0.1) is 0 Å². The number of carbonyl (C=O) groups excluding carboxylic acids is 1. The topological polar surface area (TPSA) is 107 Å². The van der Waals surface area contributed by atoms with Crippen LogP contribution in [0.4, 0.5) is 10.6 Å². The Hall–Kier alpha value is -2.42. The summed E-state index contributed by atoms with van der Waals surface area (Å²) in [6.45, 7) is 14.1. The normalized spacial score (nSPS) is 10.6. The monoisotopic (exact) mass is 384 g/mol. The summed E-state index contributed by atoms with van der Waals surface area (Å²) in [6, 6.07) is 3.11. The molecule has 0 saturated carbocycles. The molecule has 0 unspecified atom stereocenters. The van der Waals surface area contributed by atoms with Crippen LogP contribution in [0, 0.1) is 10.1 Å². The molecule has 1 aromatic rings. The van der Waals surface area contributed by atoms with Crippen LogP contribution in [0.2, 0.25) is 0 Å². The first-order chi connectivity index (χ1) is 12.7. The largest absolute Gasteiger partial charge is 0.484 e. The minimum Gasteiger partial charge on any atom is -0.484 e. The third kappa shape index (κ3) is 11.0. The molecule has 0 aliphatic rings. The molecule has 27 heavy (non-hydrogen) atoms. The van der Waals surface area contributed by atoms with E-state index < -0.39 is 16.6 Å². The summed E-state index contributed by atoms with van der Waals surface area (Å²) in [5.74, 6) is -0.146. The Morgan fingerprint density at radius 2 is 2.00 bits per heavy atom. The van der Waals surface area contributed by atoms with Crippen molar-refractivity contribution in [1.29, 1.82) is 0 Å². The van der Waals surface area contributed by atoms with Crippen molar-refractivity contribution >= 4 is 11.9 Å². The second-order valence-corrected chi connectivity index (χ2v) is 6.29. The Labute approximate surface area is 161 Å². The van der Waals surface area contributed by atoms with Gasteiger partial charge in [0, 0.05) is 19.6 Å². The number of rotatable bonds is 9. The fourth-order valence-electron chi connectivity index (χ4n) is 1.97. The number of pyridine rings is 1. The van der Waals surface area contributed by atoms with E-state index in [4.69, 9.17) is 9.47 Å². The van der Waals surface area contributed by atoms with Crippen molar-refractivity contribution in [3.8, 4) is 5.75 Å². The van der Waals surface area contributed by atoms with Crippen molar-refractivity contribution < 1.29 is 19.2 Å². The molecule has 0 aliphatic carbocycles. The van der Waals surface area contributed by atoms with Crippen LogP contribution < -0.4 is 10.1 Å². The molecule has 9 nitrogen and oxygen atoms in total. The average molecular weight is 384 g/mol. The molecule has 0 aliphatic heterocycles. The number of carbonyl (C=O) groups is 1. The number of nitrogens with one attached hydrogen (secondary N) is 1. The summed E-state index contributed by atoms with van der Waals surface area (Å²) >= 11 is 0. The highest BCUT2D eigenvalue weighted by Gasteiger charge is 2.17. The maximum atomic E-state index is 11.6. The van der Waals surface area contributed by atoms with E-state index in [-0.39, 0.29) is 18.2 Å². The van der Waals surface area contributed by atoms with E-state index in [2.05, 4.69) is 15.2 Å². The van der Waals surface area contributed by atoms with Crippen LogP contribution in [0.3, 0.4) is 0 Å². The first-order valence-electron chi connectivity index (χ1n) is 9.14. The number of amides is 1. The third-order valence-corrected chi connectivity index (χ3v) is 3.13. The molecule has 1 aromatic heterocycles. The summed E-state index contributed by atoms with van der Waals surface area (Å²) in [4.78, 5) is 27.6. The van der Waals surface area contributed by atoms with Crippen molar-refractivity contribution in [3.63, 3.8) is 0 Å². The summed E-state index contributed by atoms with van der Waals surface area (Å²) in [7, 11) is 0. The van der Waals surface area contributed by atoms with Crippen molar-refractivity contribution in [3.05, 3.63) is 28.4 Å². The number of nitro groups is 1. The first-order valence-corrected chi connectivity index (χ1v) is 9.14. The van der Waals surface area contributed by atoms with E-state index in [9.17, 15) is 14.9 Å². The Bertz CT molecular complexity index is 575. The van der Waals surface area contributed by atoms with E-state index in [1.54, 1.807) is 26.8 Å². The zero-order chi connectivity index (χ0) is 20.9. The van der Waals surface area contributed by atoms with E-state index in [0.717, 1.165) is 6.54 Å². The lowest BCUT2D eigenvalue weighted by Crippen LogP contribution is -2.39. The van der Waals surface area contributed by atoms with Gasteiger partial charge in [-0.2, -0.15) is 0 Å². The first kappa shape index (κ1) is 24.6. The van der Waals surface area contributed by atoms with Crippen molar-refractivity contribution in [2.45, 2.75) is 47.1 Å². The van der Waals surface area contributed by atoms with E-state index >= 15 is 0 Å². The SMILES string of the molecule is CC.CCN(CCNC(=O)OC(C)(C)C)CCOc1cccnc1[N+](=O)[O-]. The molecule has 1 rings (SSSR count). The molecule has 154 valence electrons. The van der Waals surface area contributed by atoms with Crippen LogP contribution in [0.15, 0.2) is 18.3 Å². The van der Waals surface area contributed by atoms with Gasteiger partial charge < -0.3 is 24.9 Å². The average Bonchev–Trinajstić information content (AvgIpc) is 2.60. The molecule has 0 atom stereocenters. The van der Waals surface area contributed by atoms with E-state index in [0.29, 0.717) is 19.6 Å². The van der Waals surface area contributed by atoms with Crippen molar-refractivity contribution in [2.75, 3.05) is 32.8 Å². The van der Waals surface area contributed by atoms with E-state index in [1.807, 2.05) is 20.8 Å². The fraction of sp³-hybridized carbons (Fsp3) is 0.667. The Morgan fingerprint density at radius 3 is 2.56 bits per heavy atom. The summed E-state index contributed by atoms with van der Waals surface area (Å²) < 4.78 is 10.6. The lowest BCUT2D eigenvalue weighted by molar-refractivity contribution is -0.390. The lowest BCUT2D eigenvalue weighted by Gasteiger charge is -2.22. The van der Waals surface area contributed by atoms with Gasteiger partial charge in [0.15, 0.2) is 0 Å². The third-order valence-electron chi connectivity index (χ3n) is 3.13. The Kier molecular flexibility index (Phi) is 11.7. The van der Waals surface area contributed by atoms with Gasteiger partial charge in [0.1, 0.15) is 18.4 Å². The highest BCUT2D eigenvalue weighted by Crippen LogP contribution is 2.22. The minimum absolute atomic E-state index is 0.149. The molecular formula is C18H32N4O5. The fourth-order valence-corrected chi connectivity index (χ4v) is 1.97. The number of likely N-dealkylation sites (N-methyl/N-ethyl adjacent to an activating group) is 1. The quantitative estimate of drug-likeness (QED) is 0.514. The second-order valence-electron chi connectivity index (χ2n) is 6.29. The van der Waals surface area contributed by atoms with Crippen molar-refractivity contribution in [2.24, 2.45) is 0 Å². The molecule has 0 radical (unpaired) electrons. The Morgan fingerprint density at radius 1 is 1.33 bits per heavy atom. The highest BCUT2D eigenvalue weighted by molar-refractivity contribution is 5.67. The maximum absolute atomic E-state index is 11.6. The Balaban J connectivity index is 0.00000326. The van der Waals surface area contributed by atoms with Crippen molar-refractivity contribution in [1.82, 2.24) is 15.2 Å². The summed E-state index contributed by atoms with van der Waals surface area (Å²) in [6.07, 6.45) is 0.900. The number of aromatic nitrogens is 1. The predicted octanol–water partition coefficient (Wildman–Crippen LogP) is 3.24. The number of hydrogen-bond donors (Lipinski definition) is 1. The summed E-state index contributed by atoms with van der Waals surface area (Å²) in [5.41, 5.74) is -0.527. The minimum atomic E-state index is -0.572. The zero-order valence-corrected chi connectivity index (χ0v) is 17.2. The molecule has 0 bridgehead atoms. The molecule has 0 saturated heterocycles. The molecule has 0 fully saturated rings. The van der Waals surface area contributed by atoms with Crippen LogP contribution in [-0.4, -0.2) is 59.3 Å². The van der Waals surface area contributed by atoms with Gasteiger partial charge in [-0.15, -0.1) is 0 Å². The molecule has 1 heterocycles.